The number of nitrogens with one attached hydrogen (secondary N) is 2. The average Bonchev–Trinajstić information content (AvgIpc) is 3.37. The first-order valence-corrected chi connectivity index (χ1v) is 13.5. The van der Waals surface area contributed by atoms with Crippen LogP contribution in [0.4, 0.5) is 8.78 Å². The van der Waals surface area contributed by atoms with Gasteiger partial charge >= 0.3 is 0 Å². The molecule has 8 heteroatoms. The summed E-state index contributed by atoms with van der Waals surface area (Å²) in [5.74, 6) is -3.79. The molecule has 0 fully saturated rings. The van der Waals surface area contributed by atoms with Crippen LogP contribution in [0.25, 0.3) is 21.8 Å². The van der Waals surface area contributed by atoms with Gasteiger partial charge in [-0.05, 0) is 47.9 Å². The van der Waals surface area contributed by atoms with Gasteiger partial charge in [-0.1, -0.05) is 66.7 Å². The zero-order valence-electron chi connectivity index (χ0n) is 22.7. The zero-order chi connectivity index (χ0) is 29.4. The van der Waals surface area contributed by atoms with Crippen LogP contribution in [0.15, 0.2) is 102 Å². The molecule has 6 aromatic rings. The van der Waals surface area contributed by atoms with Crippen LogP contribution in [0.1, 0.15) is 38.7 Å². The highest BCUT2D eigenvalue weighted by molar-refractivity contribution is 5.94. The third-order valence-corrected chi connectivity index (χ3v) is 7.72. The van der Waals surface area contributed by atoms with E-state index in [2.05, 4.69) is 10.3 Å². The summed E-state index contributed by atoms with van der Waals surface area (Å²) in [5, 5.41) is 15.7. The van der Waals surface area contributed by atoms with Gasteiger partial charge in [-0.15, -0.1) is 0 Å². The number of H-pyrrole nitrogens is 1. The van der Waals surface area contributed by atoms with Crippen LogP contribution in [0.2, 0.25) is 0 Å². The molecule has 0 radical (unpaired) electrons. The number of halogens is 2. The first-order valence-electron chi connectivity index (χ1n) is 13.5. The Morgan fingerprint density at radius 3 is 2.38 bits per heavy atom. The van der Waals surface area contributed by atoms with Gasteiger partial charge < -0.3 is 20.0 Å². The van der Waals surface area contributed by atoms with Crippen molar-refractivity contribution < 1.29 is 18.7 Å². The number of hydrogen-bond acceptors (Lipinski definition) is 3. The molecule has 210 valence electrons. The number of aromatic nitrogens is 2. The molecule has 0 aliphatic carbocycles. The van der Waals surface area contributed by atoms with Gasteiger partial charge in [0.15, 0.2) is 11.6 Å². The van der Waals surface area contributed by atoms with Crippen LogP contribution in [-0.4, -0.2) is 27.1 Å². The molecular formula is C34H27F2N3O3. The van der Waals surface area contributed by atoms with Crippen LogP contribution in [0.5, 0.6) is 5.75 Å². The summed E-state index contributed by atoms with van der Waals surface area (Å²) in [6.45, 7) is 0.118. The van der Waals surface area contributed by atoms with Gasteiger partial charge in [0.25, 0.3) is 11.5 Å². The van der Waals surface area contributed by atoms with E-state index in [1.54, 1.807) is 19.2 Å². The van der Waals surface area contributed by atoms with Crippen molar-refractivity contribution in [3.05, 3.63) is 147 Å². The molecule has 3 N–H and O–H groups in total. The Morgan fingerprint density at radius 1 is 0.905 bits per heavy atom. The zero-order valence-corrected chi connectivity index (χ0v) is 22.7. The van der Waals surface area contributed by atoms with Gasteiger partial charge in [0, 0.05) is 35.6 Å². The van der Waals surface area contributed by atoms with E-state index in [1.807, 2.05) is 66.7 Å². The summed E-state index contributed by atoms with van der Waals surface area (Å²) in [7, 11) is 1.68. The molecule has 2 aromatic heterocycles. The van der Waals surface area contributed by atoms with E-state index in [0.717, 1.165) is 28.1 Å². The Balaban J connectivity index is 1.49. The molecule has 42 heavy (non-hydrogen) atoms. The fraction of sp³-hybridized carbons (Fsp3) is 0.118. The van der Waals surface area contributed by atoms with Gasteiger partial charge in [-0.3, -0.25) is 9.59 Å². The fourth-order valence-electron chi connectivity index (χ4n) is 5.70. The number of para-hydroxylation sites is 2. The third-order valence-electron chi connectivity index (χ3n) is 7.72. The van der Waals surface area contributed by atoms with Gasteiger partial charge in [0.05, 0.1) is 22.6 Å². The lowest BCUT2D eigenvalue weighted by molar-refractivity contribution is 0.0949. The number of carbonyl (C=O) groups is 1. The van der Waals surface area contributed by atoms with E-state index >= 15 is 0 Å². The number of nitrogens with zero attached hydrogens (tertiary/aromatic N) is 1. The van der Waals surface area contributed by atoms with Crippen molar-refractivity contribution in [3.8, 4) is 5.75 Å². The Hall–Kier alpha value is -5.24. The first kappa shape index (κ1) is 27.0. The van der Waals surface area contributed by atoms with Crippen LogP contribution in [0, 0.1) is 11.6 Å². The predicted octanol–water partition coefficient (Wildman–Crippen LogP) is 6.16. The number of hydrogen-bond donors (Lipinski definition) is 3. The second-order valence-corrected chi connectivity index (χ2v) is 10.2. The molecule has 0 saturated heterocycles. The lowest BCUT2D eigenvalue weighted by atomic mass is 9.85. The van der Waals surface area contributed by atoms with Crippen molar-refractivity contribution >= 4 is 27.7 Å². The molecule has 0 bridgehead atoms. The van der Waals surface area contributed by atoms with E-state index in [0.29, 0.717) is 23.0 Å². The molecule has 1 amide bonds. The number of amides is 1. The minimum Gasteiger partial charge on any atom is -0.507 e. The number of carbonyl (C=O) groups excluding carboxylic acids is 1. The summed E-state index contributed by atoms with van der Waals surface area (Å²) in [6.07, 6.45) is 0.319. The normalized spacial score (nSPS) is 12.1. The highest BCUT2D eigenvalue weighted by Gasteiger charge is 2.30. The molecule has 0 aliphatic rings. The molecule has 0 aliphatic heterocycles. The van der Waals surface area contributed by atoms with Crippen LogP contribution in [-0.2, 0) is 13.5 Å². The number of fused-ring (bicyclic) bond motifs is 2. The smallest absolute Gasteiger partial charge is 0.258 e. The van der Waals surface area contributed by atoms with Gasteiger partial charge in [-0.2, -0.15) is 0 Å². The number of aryl methyl sites for hydroxylation is 1. The van der Waals surface area contributed by atoms with Crippen molar-refractivity contribution in [3.63, 3.8) is 0 Å². The Morgan fingerprint density at radius 2 is 1.60 bits per heavy atom. The minimum atomic E-state index is -1.20. The summed E-state index contributed by atoms with van der Waals surface area (Å²) in [4.78, 5) is 30.1. The molecule has 4 aromatic carbocycles. The van der Waals surface area contributed by atoms with Gasteiger partial charge in [0.1, 0.15) is 5.75 Å². The molecule has 0 spiro atoms. The maximum atomic E-state index is 14.2. The van der Waals surface area contributed by atoms with E-state index in [-0.39, 0.29) is 29.0 Å². The van der Waals surface area contributed by atoms with Crippen LogP contribution >= 0.6 is 0 Å². The Kier molecular flexibility index (Phi) is 7.04. The second kappa shape index (κ2) is 11.0. The Labute approximate surface area is 239 Å². The highest BCUT2D eigenvalue weighted by Crippen LogP contribution is 2.40. The summed E-state index contributed by atoms with van der Waals surface area (Å²) >= 11 is 0. The number of rotatable bonds is 7. The number of pyridine rings is 1. The largest absolute Gasteiger partial charge is 0.507 e. The van der Waals surface area contributed by atoms with E-state index in [9.17, 15) is 23.5 Å². The topological polar surface area (TPSA) is 87.1 Å². The minimum absolute atomic E-state index is 0.0953. The molecule has 0 saturated carbocycles. The lowest BCUT2D eigenvalue weighted by Crippen LogP contribution is -2.28. The monoisotopic (exact) mass is 563 g/mol. The molecule has 1 atom stereocenters. The van der Waals surface area contributed by atoms with Crippen LogP contribution in [0.3, 0.4) is 0 Å². The quantitative estimate of drug-likeness (QED) is 0.218. The van der Waals surface area contributed by atoms with E-state index in [4.69, 9.17) is 0 Å². The fourth-order valence-corrected chi connectivity index (χ4v) is 5.70. The first-order chi connectivity index (χ1) is 20.4. The number of benzene rings is 4. The Bertz CT molecular complexity index is 2010. The van der Waals surface area contributed by atoms with Gasteiger partial charge in [-0.25, -0.2) is 8.78 Å². The maximum absolute atomic E-state index is 14.2. The molecule has 6 nitrogen and oxygen atoms in total. The van der Waals surface area contributed by atoms with Crippen molar-refractivity contribution in [1.29, 1.82) is 0 Å². The standard InChI is InChI=1S/C34H27F2N3O3/c1-39-27-17-8-6-13-23(27)32(40)29(34(39)42)28(20-10-3-2-4-11-20)31-22(21-12-5-7-16-26(21)38-31)18-19-37-33(41)24-14-9-15-25(35)30(24)36/h2-17,28,38,40H,18-19H2,1H3,(H,37,41). The van der Waals surface area contributed by atoms with E-state index in [1.165, 1.54) is 16.7 Å². The summed E-state index contributed by atoms with van der Waals surface area (Å²) < 4.78 is 29.5. The van der Waals surface area contributed by atoms with Gasteiger partial charge in [0.2, 0.25) is 0 Å². The predicted molar refractivity (Wildman–Crippen MR) is 159 cm³/mol. The van der Waals surface area contributed by atoms with Crippen molar-refractivity contribution in [2.45, 2.75) is 12.3 Å². The van der Waals surface area contributed by atoms with E-state index < -0.39 is 23.5 Å². The molecule has 2 heterocycles. The van der Waals surface area contributed by atoms with Crippen LogP contribution < -0.4 is 10.9 Å². The average molecular weight is 564 g/mol. The number of aromatic hydroxyl groups is 1. The van der Waals surface area contributed by atoms with Crippen molar-refractivity contribution in [2.24, 2.45) is 7.05 Å². The molecular weight excluding hydrogens is 536 g/mol. The summed E-state index contributed by atoms with van der Waals surface area (Å²) in [5.41, 5.74) is 3.26. The SMILES string of the molecule is Cn1c(=O)c(C(c2ccccc2)c2[nH]c3ccccc3c2CCNC(=O)c2cccc(F)c2F)c(O)c2ccccc21. The third kappa shape index (κ3) is 4.60. The maximum Gasteiger partial charge on any atom is 0.258 e. The van der Waals surface area contributed by atoms with Crippen molar-refractivity contribution in [2.75, 3.05) is 6.54 Å². The summed E-state index contributed by atoms with van der Waals surface area (Å²) in [6, 6.07) is 27.8. The highest BCUT2D eigenvalue weighted by atomic mass is 19.2. The van der Waals surface area contributed by atoms with Crippen molar-refractivity contribution in [1.82, 2.24) is 14.9 Å². The lowest BCUT2D eigenvalue weighted by Gasteiger charge is -2.22. The molecule has 6 rings (SSSR count). The second-order valence-electron chi connectivity index (χ2n) is 10.2. The molecule has 1 unspecified atom stereocenters. The number of aromatic amines is 1.